The number of sulfonamides is 1. The number of hydrogen-bond donors (Lipinski definition) is 2. The Morgan fingerprint density at radius 1 is 1.00 bits per heavy atom. The minimum Gasteiger partial charge on any atom is -0.368 e. The van der Waals surface area contributed by atoms with Crippen LogP contribution in [0.5, 0.6) is 0 Å². The fourth-order valence-electron chi connectivity index (χ4n) is 4.15. The van der Waals surface area contributed by atoms with E-state index in [9.17, 15) is 18.0 Å². The van der Waals surface area contributed by atoms with Gasteiger partial charge in [-0.2, -0.15) is 4.31 Å². The van der Waals surface area contributed by atoms with E-state index in [4.69, 9.17) is 5.73 Å². The number of nitrogens with two attached hydrogens (primary N) is 1. The van der Waals surface area contributed by atoms with E-state index in [-0.39, 0.29) is 36.6 Å². The van der Waals surface area contributed by atoms with Crippen molar-refractivity contribution in [3.63, 3.8) is 0 Å². The highest BCUT2D eigenvalue weighted by atomic mass is 32.2. The standard InChI is InChI=1S/C21H24N4O4S/c22-20(26)19-14-24(12-13-25(19)30(28,29)16-7-2-1-3-8-16)21(27)23-18-11-10-15-6-4-5-9-17(15)18/h1-9,18-19H,10-14H2,(H2,22,26)(H,23,27). The van der Waals surface area contributed by atoms with Gasteiger partial charge >= 0.3 is 6.03 Å². The molecule has 0 saturated carbocycles. The fraction of sp³-hybridized carbons (Fsp3) is 0.333. The Hall–Kier alpha value is -2.91. The Morgan fingerprint density at radius 3 is 2.43 bits per heavy atom. The number of piperazine rings is 1. The number of primary amides is 1. The van der Waals surface area contributed by atoms with Crippen LogP contribution in [0, 0.1) is 0 Å². The average Bonchev–Trinajstić information content (AvgIpc) is 3.16. The molecule has 8 nitrogen and oxygen atoms in total. The number of amides is 3. The zero-order valence-electron chi connectivity index (χ0n) is 16.4. The molecule has 158 valence electrons. The van der Waals surface area contributed by atoms with E-state index in [2.05, 4.69) is 11.4 Å². The van der Waals surface area contributed by atoms with Gasteiger partial charge < -0.3 is 16.0 Å². The molecule has 2 unspecified atom stereocenters. The van der Waals surface area contributed by atoms with E-state index in [1.54, 1.807) is 18.2 Å². The van der Waals surface area contributed by atoms with Crippen molar-refractivity contribution in [2.45, 2.75) is 29.8 Å². The van der Waals surface area contributed by atoms with Crippen molar-refractivity contribution in [2.75, 3.05) is 19.6 Å². The molecule has 0 bridgehead atoms. The third kappa shape index (κ3) is 3.78. The number of rotatable bonds is 4. The molecule has 3 amide bonds. The lowest BCUT2D eigenvalue weighted by atomic mass is 10.1. The number of nitrogens with zero attached hydrogens (tertiary/aromatic N) is 2. The largest absolute Gasteiger partial charge is 0.368 e. The van der Waals surface area contributed by atoms with E-state index >= 15 is 0 Å². The molecule has 0 spiro atoms. The summed E-state index contributed by atoms with van der Waals surface area (Å²) >= 11 is 0. The molecule has 2 aromatic rings. The molecule has 1 aliphatic heterocycles. The first-order chi connectivity index (χ1) is 14.4. The normalized spacial score (nSPS) is 21.8. The summed E-state index contributed by atoms with van der Waals surface area (Å²) in [6.07, 6.45) is 1.71. The molecule has 2 aromatic carbocycles. The highest BCUT2D eigenvalue weighted by molar-refractivity contribution is 7.89. The predicted molar refractivity (Wildman–Crippen MR) is 111 cm³/mol. The molecule has 30 heavy (non-hydrogen) atoms. The predicted octanol–water partition coefficient (Wildman–Crippen LogP) is 1.24. The van der Waals surface area contributed by atoms with Gasteiger partial charge in [0.1, 0.15) is 6.04 Å². The van der Waals surface area contributed by atoms with E-state index in [0.29, 0.717) is 0 Å². The van der Waals surface area contributed by atoms with Crippen molar-refractivity contribution < 1.29 is 18.0 Å². The summed E-state index contributed by atoms with van der Waals surface area (Å²) < 4.78 is 27.1. The van der Waals surface area contributed by atoms with Gasteiger partial charge in [0.25, 0.3) is 0 Å². The van der Waals surface area contributed by atoms with E-state index < -0.39 is 22.0 Å². The molecule has 3 N–H and O–H groups in total. The molecule has 1 fully saturated rings. The lowest BCUT2D eigenvalue weighted by Crippen LogP contribution is -2.62. The van der Waals surface area contributed by atoms with Gasteiger partial charge in [0.2, 0.25) is 15.9 Å². The maximum Gasteiger partial charge on any atom is 0.317 e. The summed E-state index contributed by atoms with van der Waals surface area (Å²) in [7, 11) is -3.89. The smallest absolute Gasteiger partial charge is 0.317 e. The van der Waals surface area contributed by atoms with Crippen LogP contribution in [0.3, 0.4) is 0 Å². The van der Waals surface area contributed by atoms with Crippen molar-refractivity contribution in [1.29, 1.82) is 0 Å². The summed E-state index contributed by atoms with van der Waals surface area (Å²) in [5.41, 5.74) is 7.84. The monoisotopic (exact) mass is 428 g/mol. The first-order valence-electron chi connectivity index (χ1n) is 9.87. The number of benzene rings is 2. The van der Waals surface area contributed by atoms with Crippen LogP contribution in [-0.4, -0.2) is 55.2 Å². The lowest BCUT2D eigenvalue weighted by molar-refractivity contribution is -0.122. The maximum atomic E-state index is 13.0. The van der Waals surface area contributed by atoms with Gasteiger partial charge in [0.15, 0.2) is 0 Å². The van der Waals surface area contributed by atoms with Crippen LogP contribution < -0.4 is 11.1 Å². The molecule has 1 saturated heterocycles. The second-order valence-electron chi connectivity index (χ2n) is 7.53. The molecule has 0 radical (unpaired) electrons. The number of carbonyl (C=O) groups is 2. The highest BCUT2D eigenvalue weighted by Gasteiger charge is 2.40. The van der Waals surface area contributed by atoms with Gasteiger partial charge in [0, 0.05) is 19.6 Å². The van der Waals surface area contributed by atoms with Crippen molar-refractivity contribution >= 4 is 22.0 Å². The molecule has 1 aliphatic carbocycles. The molecule has 1 heterocycles. The fourth-order valence-corrected chi connectivity index (χ4v) is 5.74. The Kier molecular flexibility index (Phi) is 5.48. The minimum atomic E-state index is -3.89. The molecule has 2 atom stereocenters. The maximum absolute atomic E-state index is 13.0. The van der Waals surface area contributed by atoms with Gasteiger partial charge in [0.05, 0.1) is 10.9 Å². The van der Waals surface area contributed by atoms with Crippen LogP contribution in [0.25, 0.3) is 0 Å². The second-order valence-corrected chi connectivity index (χ2v) is 9.42. The molecule has 9 heteroatoms. The first kappa shape index (κ1) is 20.4. The summed E-state index contributed by atoms with van der Waals surface area (Å²) in [5.74, 6) is -0.779. The van der Waals surface area contributed by atoms with Gasteiger partial charge in [-0.1, -0.05) is 42.5 Å². The van der Waals surface area contributed by atoms with Crippen LogP contribution in [0.4, 0.5) is 4.79 Å². The highest BCUT2D eigenvalue weighted by Crippen LogP contribution is 2.31. The molecule has 0 aromatic heterocycles. The third-order valence-corrected chi connectivity index (χ3v) is 7.65. The quantitative estimate of drug-likeness (QED) is 0.763. The summed E-state index contributed by atoms with van der Waals surface area (Å²) in [5, 5.41) is 3.02. The lowest BCUT2D eigenvalue weighted by Gasteiger charge is -2.39. The summed E-state index contributed by atoms with van der Waals surface area (Å²) in [6.45, 7) is 0.0944. The Morgan fingerprint density at radius 2 is 1.70 bits per heavy atom. The number of urea groups is 1. The van der Waals surface area contributed by atoms with Gasteiger partial charge in [-0.3, -0.25) is 4.79 Å². The number of nitrogens with one attached hydrogen (secondary N) is 1. The molecular weight excluding hydrogens is 404 g/mol. The first-order valence-corrected chi connectivity index (χ1v) is 11.3. The van der Waals surface area contributed by atoms with Crippen LogP contribution in [0.15, 0.2) is 59.5 Å². The van der Waals surface area contributed by atoms with E-state index in [1.807, 2.05) is 18.2 Å². The van der Waals surface area contributed by atoms with E-state index in [0.717, 1.165) is 22.7 Å². The van der Waals surface area contributed by atoms with Crippen LogP contribution in [0.2, 0.25) is 0 Å². The van der Waals surface area contributed by atoms with Crippen LogP contribution in [0.1, 0.15) is 23.6 Å². The summed E-state index contributed by atoms with van der Waals surface area (Å²) in [4.78, 5) is 26.5. The van der Waals surface area contributed by atoms with Crippen LogP contribution >= 0.6 is 0 Å². The number of aryl methyl sites for hydroxylation is 1. The van der Waals surface area contributed by atoms with Crippen LogP contribution in [-0.2, 0) is 21.2 Å². The van der Waals surface area contributed by atoms with Crippen molar-refractivity contribution in [1.82, 2.24) is 14.5 Å². The Balaban J connectivity index is 1.48. The van der Waals surface area contributed by atoms with Crippen molar-refractivity contribution in [2.24, 2.45) is 5.73 Å². The zero-order chi connectivity index (χ0) is 21.3. The molecular formula is C21H24N4O4S. The van der Waals surface area contributed by atoms with Gasteiger partial charge in [-0.15, -0.1) is 0 Å². The topological polar surface area (TPSA) is 113 Å². The van der Waals surface area contributed by atoms with Crippen molar-refractivity contribution in [3.8, 4) is 0 Å². The Bertz CT molecular complexity index is 1060. The van der Waals surface area contributed by atoms with Gasteiger partial charge in [-0.25, -0.2) is 13.2 Å². The second kappa shape index (κ2) is 8.08. The molecule has 2 aliphatic rings. The zero-order valence-corrected chi connectivity index (χ0v) is 17.2. The SMILES string of the molecule is NC(=O)C1CN(C(=O)NC2CCc3ccccc32)CCN1S(=O)(=O)c1ccccc1. The summed E-state index contributed by atoms with van der Waals surface area (Å²) in [6, 6.07) is 14.4. The van der Waals surface area contributed by atoms with E-state index in [1.165, 1.54) is 22.6 Å². The van der Waals surface area contributed by atoms with Gasteiger partial charge in [-0.05, 0) is 36.1 Å². The number of carbonyl (C=O) groups excluding carboxylic acids is 2. The number of fused-ring (bicyclic) bond motifs is 1. The molecule has 4 rings (SSSR count). The minimum absolute atomic E-state index is 0.000488. The Labute approximate surface area is 175 Å². The number of hydrogen-bond acceptors (Lipinski definition) is 4. The average molecular weight is 429 g/mol. The van der Waals surface area contributed by atoms with Crippen molar-refractivity contribution in [3.05, 3.63) is 65.7 Å². The third-order valence-electron chi connectivity index (χ3n) is 5.73.